The predicted molar refractivity (Wildman–Crippen MR) is 68.4 cm³/mol. The van der Waals surface area contributed by atoms with Gasteiger partial charge in [0.2, 0.25) is 0 Å². The molecule has 18 heavy (non-hydrogen) atoms. The molecule has 1 atom stereocenters. The van der Waals surface area contributed by atoms with Gasteiger partial charge in [0.25, 0.3) is 5.91 Å². The topological polar surface area (TPSA) is 63.2 Å². The van der Waals surface area contributed by atoms with Crippen LogP contribution < -0.4 is 10.6 Å². The summed E-state index contributed by atoms with van der Waals surface area (Å²) in [6.07, 6.45) is 5.36. The number of rotatable bonds is 5. The van der Waals surface area contributed by atoms with Gasteiger partial charge >= 0.3 is 0 Å². The summed E-state index contributed by atoms with van der Waals surface area (Å²) in [6.45, 7) is 2.17. The number of carbonyl (C=O) groups excluding carboxylic acids is 1. The van der Waals surface area contributed by atoms with Crippen LogP contribution in [0.4, 0.5) is 0 Å². The van der Waals surface area contributed by atoms with Crippen LogP contribution in [0.25, 0.3) is 0 Å². The van der Waals surface area contributed by atoms with Crippen molar-refractivity contribution < 1.29 is 9.53 Å². The van der Waals surface area contributed by atoms with Gasteiger partial charge < -0.3 is 15.4 Å². The van der Waals surface area contributed by atoms with E-state index in [2.05, 4.69) is 15.6 Å². The van der Waals surface area contributed by atoms with Crippen LogP contribution in [0.5, 0.6) is 0 Å². The Morgan fingerprint density at radius 2 is 2.56 bits per heavy atom. The number of hydrogen-bond donors (Lipinski definition) is 2. The molecule has 0 bridgehead atoms. The summed E-state index contributed by atoms with van der Waals surface area (Å²) in [5.41, 5.74) is 0.468. The van der Waals surface area contributed by atoms with Crippen molar-refractivity contribution in [2.45, 2.75) is 18.4 Å². The number of nitrogens with one attached hydrogen (secondary N) is 2. The lowest BCUT2D eigenvalue weighted by atomic mass is 9.98. The first kappa shape index (κ1) is 13.0. The second-order valence-electron chi connectivity index (χ2n) is 4.67. The number of hydrogen-bond acceptors (Lipinski definition) is 4. The molecule has 0 saturated carbocycles. The standard InChI is InChI=1S/C13H19N3O2/c1-18-10-13(5-3-7-16-13)9-15-12(17)11-4-2-6-14-8-11/h2,4,6,8,16H,3,5,7,9-10H2,1H3,(H,15,17). The molecule has 1 fully saturated rings. The van der Waals surface area contributed by atoms with Crippen molar-refractivity contribution in [3.05, 3.63) is 30.1 Å². The zero-order chi connectivity index (χ0) is 12.8. The first-order valence-electron chi connectivity index (χ1n) is 6.18. The Morgan fingerprint density at radius 1 is 1.67 bits per heavy atom. The predicted octanol–water partition coefficient (Wildman–Crippen LogP) is 0.580. The third-order valence-corrected chi connectivity index (χ3v) is 3.26. The Bertz CT molecular complexity index is 388. The van der Waals surface area contributed by atoms with Gasteiger partial charge in [-0.1, -0.05) is 0 Å². The Kier molecular flexibility index (Phi) is 4.28. The minimum atomic E-state index is -0.118. The quantitative estimate of drug-likeness (QED) is 0.801. The molecule has 2 rings (SSSR count). The van der Waals surface area contributed by atoms with Gasteiger partial charge in [0, 0.05) is 26.0 Å². The molecule has 0 spiro atoms. The van der Waals surface area contributed by atoms with Crippen LogP contribution in [0.1, 0.15) is 23.2 Å². The average Bonchev–Trinajstić information content (AvgIpc) is 2.87. The zero-order valence-corrected chi connectivity index (χ0v) is 10.6. The fourth-order valence-corrected chi connectivity index (χ4v) is 2.32. The molecule has 2 heterocycles. The second kappa shape index (κ2) is 5.93. The van der Waals surface area contributed by atoms with Crippen molar-refractivity contribution >= 4 is 5.91 Å². The van der Waals surface area contributed by atoms with Gasteiger partial charge in [-0.15, -0.1) is 0 Å². The molecule has 1 amide bonds. The van der Waals surface area contributed by atoms with Crippen LogP contribution in [0.2, 0.25) is 0 Å². The Labute approximate surface area is 107 Å². The maximum atomic E-state index is 11.9. The van der Waals surface area contributed by atoms with E-state index in [-0.39, 0.29) is 11.4 Å². The molecule has 1 saturated heterocycles. The lowest BCUT2D eigenvalue weighted by Gasteiger charge is -2.28. The van der Waals surface area contributed by atoms with Gasteiger partial charge in [0.1, 0.15) is 0 Å². The number of aromatic nitrogens is 1. The summed E-state index contributed by atoms with van der Waals surface area (Å²) in [5, 5.41) is 6.37. The summed E-state index contributed by atoms with van der Waals surface area (Å²) in [7, 11) is 1.69. The van der Waals surface area contributed by atoms with E-state index in [0.29, 0.717) is 18.7 Å². The summed E-state index contributed by atoms with van der Waals surface area (Å²) in [5.74, 6) is -0.0905. The molecule has 0 aromatic carbocycles. The monoisotopic (exact) mass is 249 g/mol. The van der Waals surface area contributed by atoms with E-state index >= 15 is 0 Å². The summed E-state index contributed by atoms with van der Waals surface area (Å²) >= 11 is 0. The number of carbonyl (C=O) groups is 1. The highest BCUT2D eigenvalue weighted by Crippen LogP contribution is 2.18. The van der Waals surface area contributed by atoms with Crippen LogP contribution in [0.3, 0.4) is 0 Å². The SMILES string of the molecule is COCC1(CNC(=O)c2cccnc2)CCCN1. The van der Waals surface area contributed by atoms with Crippen molar-refractivity contribution in [2.75, 3.05) is 26.8 Å². The minimum absolute atomic E-state index is 0.0905. The lowest BCUT2D eigenvalue weighted by Crippen LogP contribution is -2.53. The smallest absolute Gasteiger partial charge is 0.252 e. The number of methoxy groups -OCH3 is 1. The third-order valence-electron chi connectivity index (χ3n) is 3.26. The van der Waals surface area contributed by atoms with Crippen molar-refractivity contribution in [1.82, 2.24) is 15.6 Å². The van der Waals surface area contributed by atoms with Crippen LogP contribution in [0.15, 0.2) is 24.5 Å². The van der Waals surface area contributed by atoms with E-state index in [1.807, 2.05) is 0 Å². The first-order valence-corrected chi connectivity index (χ1v) is 6.18. The van der Waals surface area contributed by atoms with E-state index < -0.39 is 0 Å². The maximum Gasteiger partial charge on any atom is 0.252 e. The Morgan fingerprint density at radius 3 is 3.17 bits per heavy atom. The van der Waals surface area contributed by atoms with Crippen LogP contribution >= 0.6 is 0 Å². The molecule has 5 nitrogen and oxygen atoms in total. The highest BCUT2D eigenvalue weighted by Gasteiger charge is 2.33. The number of pyridine rings is 1. The van der Waals surface area contributed by atoms with Gasteiger partial charge in [-0.2, -0.15) is 0 Å². The van der Waals surface area contributed by atoms with E-state index in [1.165, 1.54) is 0 Å². The largest absolute Gasteiger partial charge is 0.383 e. The van der Waals surface area contributed by atoms with Gasteiger partial charge in [0.05, 0.1) is 17.7 Å². The molecule has 0 aliphatic carbocycles. The summed E-state index contributed by atoms with van der Waals surface area (Å²) < 4.78 is 5.24. The minimum Gasteiger partial charge on any atom is -0.383 e. The Balaban J connectivity index is 1.92. The normalized spacial score (nSPS) is 22.9. The molecular formula is C13H19N3O2. The van der Waals surface area contributed by atoms with Gasteiger partial charge in [-0.3, -0.25) is 9.78 Å². The molecule has 1 aliphatic heterocycles. The highest BCUT2D eigenvalue weighted by atomic mass is 16.5. The van der Waals surface area contributed by atoms with E-state index in [0.717, 1.165) is 19.4 Å². The fraction of sp³-hybridized carbons (Fsp3) is 0.538. The zero-order valence-electron chi connectivity index (χ0n) is 10.6. The molecule has 1 unspecified atom stereocenters. The molecule has 98 valence electrons. The van der Waals surface area contributed by atoms with Crippen molar-refractivity contribution in [3.8, 4) is 0 Å². The summed E-state index contributed by atoms with van der Waals surface area (Å²) in [6, 6.07) is 3.51. The molecule has 2 N–H and O–H groups in total. The summed E-state index contributed by atoms with van der Waals surface area (Å²) in [4.78, 5) is 15.9. The number of ether oxygens (including phenoxy) is 1. The first-order chi connectivity index (χ1) is 8.76. The molecule has 5 heteroatoms. The fourth-order valence-electron chi connectivity index (χ4n) is 2.32. The van der Waals surface area contributed by atoms with Crippen molar-refractivity contribution in [3.63, 3.8) is 0 Å². The van der Waals surface area contributed by atoms with Gasteiger partial charge in [-0.25, -0.2) is 0 Å². The molecule has 1 aromatic rings. The van der Waals surface area contributed by atoms with Crippen LogP contribution in [0, 0.1) is 0 Å². The second-order valence-corrected chi connectivity index (χ2v) is 4.67. The van der Waals surface area contributed by atoms with E-state index in [9.17, 15) is 4.79 Å². The average molecular weight is 249 g/mol. The van der Waals surface area contributed by atoms with E-state index in [4.69, 9.17) is 4.74 Å². The van der Waals surface area contributed by atoms with Crippen molar-refractivity contribution in [1.29, 1.82) is 0 Å². The lowest BCUT2D eigenvalue weighted by molar-refractivity contribution is 0.0892. The van der Waals surface area contributed by atoms with E-state index in [1.54, 1.807) is 31.6 Å². The third kappa shape index (κ3) is 3.05. The molecule has 0 radical (unpaired) electrons. The Hall–Kier alpha value is -1.46. The molecule has 1 aromatic heterocycles. The van der Waals surface area contributed by atoms with Gasteiger partial charge in [0.15, 0.2) is 0 Å². The highest BCUT2D eigenvalue weighted by molar-refractivity contribution is 5.93. The number of amides is 1. The number of nitrogens with zero attached hydrogens (tertiary/aromatic N) is 1. The molecule has 1 aliphatic rings. The van der Waals surface area contributed by atoms with Crippen LogP contribution in [-0.2, 0) is 4.74 Å². The van der Waals surface area contributed by atoms with Crippen LogP contribution in [-0.4, -0.2) is 43.2 Å². The van der Waals surface area contributed by atoms with Gasteiger partial charge in [-0.05, 0) is 31.5 Å². The molecular weight excluding hydrogens is 230 g/mol. The van der Waals surface area contributed by atoms with Crippen molar-refractivity contribution in [2.24, 2.45) is 0 Å². The maximum absolute atomic E-state index is 11.9.